The maximum atomic E-state index is 11.3. The van der Waals surface area contributed by atoms with Gasteiger partial charge in [-0.25, -0.2) is 9.97 Å². The van der Waals surface area contributed by atoms with E-state index >= 15 is 0 Å². The number of nitrogens with one attached hydrogen (secondary N) is 1. The molecule has 0 amide bonds. The van der Waals surface area contributed by atoms with Gasteiger partial charge in [-0.3, -0.25) is 9.48 Å². The number of carbonyl (C=O) groups is 1. The Hall–Kier alpha value is -2.67. The first-order valence-electron chi connectivity index (χ1n) is 8.39. The smallest absolute Gasteiger partial charge is 0.325 e. The summed E-state index contributed by atoms with van der Waals surface area (Å²) < 4.78 is 1.70. The number of halogens is 1. The number of carboxylic acids is 1. The fourth-order valence-corrected chi connectivity index (χ4v) is 2.87. The van der Waals surface area contributed by atoms with Gasteiger partial charge in [0.05, 0.1) is 5.69 Å². The first-order chi connectivity index (χ1) is 12.4. The molecule has 7 nitrogen and oxygen atoms in total. The number of nitrogens with zero attached hydrogens (tertiary/aromatic N) is 4. The van der Waals surface area contributed by atoms with Crippen LogP contribution in [0.1, 0.15) is 26.0 Å². The summed E-state index contributed by atoms with van der Waals surface area (Å²) in [7, 11) is 1.81. The molecule has 0 bridgehead atoms. The predicted octanol–water partition coefficient (Wildman–Crippen LogP) is 3.52. The Labute approximate surface area is 156 Å². The second kappa shape index (κ2) is 7.29. The van der Waals surface area contributed by atoms with Gasteiger partial charge >= 0.3 is 5.97 Å². The van der Waals surface area contributed by atoms with Gasteiger partial charge in [0.1, 0.15) is 17.1 Å². The molecule has 2 heterocycles. The Bertz CT molecular complexity index is 952. The summed E-state index contributed by atoms with van der Waals surface area (Å²) in [6, 6.07) is 6.42. The van der Waals surface area contributed by atoms with Crippen LogP contribution in [0.4, 0.5) is 5.82 Å². The average Bonchev–Trinajstić information content (AvgIpc) is 2.92. The van der Waals surface area contributed by atoms with E-state index in [4.69, 9.17) is 16.6 Å². The van der Waals surface area contributed by atoms with Gasteiger partial charge < -0.3 is 10.4 Å². The van der Waals surface area contributed by atoms with Crippen molar-refractivity contribution in [1.29, 1.82) is 0 Å². The highest BCUT2D eigenvalue weighted by Crippen LogP contribution is 2.28. The van der Waals surface area contributed by atoms with E-state index in [0.717, 1.165) is 29.6 Å². The molecule has 0 saturated heterocycles. The quantitative estimate of drug-likeness (QED) is 0.686. The number of rotatable bonds is 6. The second-order valence-electron chi connectivity index (χ2n) is 6.12. The minimum atomic E-state index is -0.958. The van der Waals surface area contributed by atoms with Crippen LogP contribution in [-0.4, -0.2) is 36.9 Å². The zero-order chi connectivity index (χ0) is 18.8. The molecule has 0 saturated carbocycles. The molecule has 0 aliphatic rings. The van der Waals surface area contributed by atoms with Crippen molar-refractivity contribution in [3.05, 3.63) is 35.0 Å². The van der Waals surface area contributed by atoms with Crippen LogP contribution in [0.5, 0.6) is 0 Å². The Morgan fingerprint density at radius 3 is 2.62 bits per heavy atom. The number of aromatic nitrogens is 4. The molecule has 0 aliphatic heterocycles. The Morgan fingerprint density at radius 1 is 1.31 bits per heavy atom. The van der Waals surface area contributed by atoms with E-state index in [1.54, 1.807) is 23.7 Å². The van der Waals surface area contributed by atoms with Crippen molar-refractivity contribution in [2.24, 2.45) is 7.05 Å². The van der Waals surface area contributed by atoms with E-state index in [0.29, 0.717) is 22.2 Å². The normalized spacial score (nSPS) is 12.3. The topological polar surface area (TPSA) is 92.9 Å². The monoisotopic (exact) mass is 373 g/mol. The Balaban J connectivity index is 2.21. The van der Waals surface area contributed by atoms with E-state index < -0.39 is 12.0 Å². The van der Waals surface area contributed by atoms with Gasteiger partial charge in [0.25, 0.3) is 0 Å². The number of fused-ring (bicyclic) bond motifs is 1. The standard InChI is InChI=1S/C18H20ClN5O2/c1-4-5-13-14-15(24(3)23-13)17(20-10(2)18(25)26)22-16(21-14)11-6-8-12(19)9-7-11/h6-10H,4-5H2,1-3H3,(H,25,26)(H,20,21,22). The molecule has 26 heavy (non-hydrogen) atoms. The lowest BCUT2D eigenvalue weighted by molar-refractivity contribution is -0.137. The van der Waals surface area contributed by atoms with Crippen molar-refractivity contribution in [2.75, 3.05) is 5.32 Å². The molecular formula is C18H20ClN5O2. The molecule has 1 atom stereocenters. The van der Waals surface area contributed by atoms with Gasteiger partial charge in [0, 0.05) is 17.6 Å². The van der Waals surface area contributed by atoms with Crippen molar-refractivity contribution in [3.8, 4) is 11.4 Å². The largest absolute Gasteiger partial charge is 0.480 e. The molecule has 3 rings (SSSR count). The van der Waals surface area contributed by atoms with Gasteiger partial charge in [-0.2, -0.15) is 5.10 Å². The van der Waals surface area contributed by atoms with E-state index in [1.165, 1.54) is 0 Å². The zero-order valence-corrected chi connectivity index (χ0v) is 15.6. The molecule has 2 aromatic heterocycles. The fraction of sp³-hybridized carbons (Fsp3) is 0.333. The molecule has 8 heteroatoms. The molecular weight excluding hydrogens is 354 g/mol. The van der Waals surface area contributed by atoms with Crippen LogP contribution in [0, 0.1) is 0 Å². The van der Waals surface area contributed by atoms with E-state index in [9.17, 15) is 9.90 Å². The van der Waals surface area contributed by atoms with Gasteiger partial charge in [-0.1, -0.05) is 24.9 Å². The van der Waals surface area contributed by atoms with Gasteiger partial charge in [0.15, 0.2) is 11.6 Å². The number of carboxylic acid groups (broad SMARTS) is 1. The highest BCUT2D eigenvalue weighted by molar-refractivity contribution is 6.30. The molecule has 0 aliphatic carbocycles. The minimum absolute atomic E-state index is 0.451. The lowest BCUT2D eigenvalue weighted by Crippen LogP contribution is -2.26. The van der Waals surface area contributed by atoms with Crippen molar-refractivity contribution < 1.29 is 9.90 Å². The SMILES string of the molecule is CCCc1nn(C)c2c(NC(C)C(=O)O)nc(-c3ccc(Cl)cc3)nc12. The molecule has 136 valence electrons. The van der Waals surface area contributed by atoms with Gasteiger partial charge in [-0.05, 0) is 37.6 Å². The van der Waals surface area contributed by atoms with E-state index in [2.05, 4.69) is 22.3 Å². The van der Waals surface area contributed by atoms with Crippen molar-refractivity contribution in [3.63, 3.8) is 0 Å². The van der Waals surface area contributed by atoms with E-state index in [1.807, 2.05) is 19.2 Å². The summed E-state index contributed by atoms with van der Waals surface area (Å²) in [6.07, 6.45) is 1.71. The summed E-state index contributed by atoms with van der Waals surface area (Å²) in [5.41, 5.74) is 3.09. The Kier molecular flexibility index (Phi) is 5.08. The highest BCUT2D eigenvalue weighted by atomic mass is 35.5. The molecule has 0 fully saturated rings. The summed E-state index contributed by atoms with van der Waals surface area (Å²) in [5, 5.41) is 17.4. The fourth-order valence-electron chi connectivity index (χ4n) is 2.74. The number of anilines is 1. The third-order valence-electron chi connectivity index (χ3n) is 4.06. The van der Waals surface area contributed by atoms with Crippen LogP contribution >= 0.6 is 11.6 Å². The van der Waals surface area contributed by atoms with Crippen LogP contribution in [0.3, 0.4) is 0 Å². The summed E-state index contributed by atoms with van der Waals surface area (Å²) in [4.78, 5) is 20.6. The molecule has 1 aromatic carbocycles. The molecule has 1 unspecified atom stereocenters. The lowest BCUT2D eigenvalue weighted by Gasteiger charge is -2.13. The maximum absolute atomic E-state index is 11.3. The number of aliphatic carboxylic acids is 1. The lowest BCUT2D eigenvalue weighted by atomic mass is 10.2. The van der Waals surface area contributed by atoms with Crippen LogP contribution in [0.15, 0.2) is 24.3 Å². The predicted molar refractivity (Wildman–Crippen MR) is 101 cm³/mol. The molecule has 0 spiro atoms. The second-order valence-corrected chi connectivity index (χ2v) is 6.56. The number of hydrogen-bond donors (Lipinski definition) is 2. The van der Waals surface area contributed by atoms with Crippen LogP contribution in [-0.2, 0) is 18.3 Å². The summed E-state index contributed by atoms with van der Waals surface area (Å²) in [5.74, 6) is -0.00688. The van der Waals surface area contributed by atoms with Crippen molar-refractivity contribution in [1.82, 2.24) is 19.7 Å². The third kappa shape index (κ3) is 3.48. The molecule has 0 radical (unpaired) electrons. The molecule has 3 aromatic rings. The molecule has 2 N–H and O–H groups in total. The summed E-state index contributed by atoms with van der Waals surface area (Å²) >= 11 is 5.97. The van der Waals surface area contributed by atoms with E-state index in [-0.39, 0.29) is 0 Å². The number of benzene rings is 1. The van der Waals surface area contributed by atoms with Gasteiger partial charge in [-0.15, -0.1) is 0 Å². The van der Waals surface area contributed by atoms with Crippen LogP contribution < -0.4 is 5.32 Å². The van der Waals surface area contributed by atoms with Gasteiger partial charge in [0.2, 0.25) is 0 Å². The highest BCUT2D eigenvalue weighted by Gasteiger charge is 2.20. The average molecular weight is 374 g/mol. The maximum Gasteiger partial charge on any atom is 0.325 e. The Morgan fingerprint density at radius 2 is 2.00 bits per heavy atom. The first-order valence-corrected chi connectivity index (χ1v) is 8.77. The first kappa shape index (κ1) is 18.1. The van der Waals surface area contributed by atoms with Crippen molar-refractivity contribution >= 4 is 34.4 Å². The van der Waals surface area contributed by atoms with Crippen LogP contribution in [0.25, 0.3) is 22.4 Å². The number of aryl methyl sites for hydroxylation is 2. The van der Waals surface area contributed by atoms with Crippen LogP contribution in [0.2, 0.25) is 5.02 Å². The third-order valence-corrected chi connectivity index (χ3v) is 4.32. The zero-order valence-electron chi connectivity index (χ0n) is 14.8. The van der Waals surface area contributed by atoms with Crippen molar-refractivity contribution in [2.45, 2.75) is 32.7 Å². The summed E-state index contributed by atoms with van der Waals surface area (Å²) in [6.45, 7) is 3.65. The number of hydrogen-bond acceptors (Lipinski definition) is 5. The minimum Gasteiger partial charge on any atom is -0.480 e.